The van der Waals surface area contributed by atoms with E-state index in [0.717, 1.165) is 17.6 Å². The van der Waals surface area contributed by atoms with Crippen molar-refractivity contribution in [1.82, 2.24) is 0 Å². The molecule has 1 aromatic heterocycles. The largest absolute Gasteiger partial charge is 0.304 e. The van der Waals surface area contributed by atoms with Crippen LogP contribution in [-0.2, 0) is 31.2 Å². The van der Waals surface area contributed by atoms with Gasteiger partial charge < -0.3 is 4.90 Å². The molecular formula is C26H20ClFN2O5S3. The SMILES string of the molecule is CS(=O)(=O)c1ccccc1-c1ccc(N2Cc3ccccc3C(c3cc(Cl)sc3S(N)(=O)=O)C2=O)c(F)c1. The van der Waals surface area contributed by atoms with E-state index in [1.54, 1.807) is 48.5 Å². The monoisotopic (exact) mass is 590 g/mol. The highest BCUT2D eigenvalue weighted by atomic mass is 35.5. The van der Waals surface area contributed by atoms with E-state index in [4.69, 9.17) is 16.7 Å². The molecule has 2 heterocycles. The normalized spacial score (nSPS) is 15.9. The van der Waals surface area contributed by atoms with Crippen LogP contribution in [0.5, 0.6) is 0 Å². The van der Waals surface area contributed by atoms with Crippen LogP contribution < -0.4 is 10.0 Å². The molecule has 0 saturated carbocycles. The molecule has 0 spiro atoms. The summed E-state index contributed by atoms with van der Waals surface area (Å²) in [6.07, 6.45) is 1.08. The first-order chi connectivity index (χ1) is 17.9. The molecule has 4 aromatic rings. The smallest absolute Gasteiger partial charge is 0.247 e. The number of hydrogen-bond donors (Lipinski definition) is 1. The molecular weight excluding hydrogens is 571 g/mol. The Morgan fingerprint density at radius 2 is 1.66 bits per heavy atom. The zero-order chi connectivity index (χ0) is 27.4. The maximum atomic E-state index is 15.6. The van der Waals surface area contributed by atoms with E-state index in [1.165, 1.54) is 29.2 Å². The number of nitrogens with zero attached hydrogens (tertiary/aromatic N) is 1. The van der Waals surface area contributed by atoms with Gasteiger partial charge >= 0.3 is 0 Å². The Labute approximate surface area is 228 Å². The van der Waals surface area contributed by atoms with Crippen LogP contribution in [0.2, 0.25) is 4.34 Å². The Balaban J connectivity index is 1.63. The fourth-order valence-corrected chi connectivity index (χ4v) is 8.00. The average molecular weight is 591 g/mol. The second-order valence-corrected chi connectivity index (χ2v) is 14.3. The molecule has 1 aliphatic rings. The van der Waals surface area contributed by atoms with Crippen molar-refractivity contribution in [3.8, 4) is 11.1 Å². The van der Waals surface area contributed by atoms with Gasteiger partial charge in [0.25, 0.3) is 0 Å². The summed E-state index contributed by atoms with van der Waals surface area (Å²) in [6, 6.07) is 18.8. The summed E-state index contributed by atoms with van der Waals surface area (Å²) in [6.45, 7) is 0.0459. The van der Waals surface area contributed by atoms with E-state index in [-0.39, 0.29) is 31.2 Å². The maximum Gasteiger partial charge on any atom is 0.247 e. The highest BCUT2D eigenvalue weighted by Gasteiger charge is 2.39. The number of sulfone groups is 1. The summed E-state index contributed by atoms with van der Waals surface area (Å²) in [5, 5.41) is 5.42. The van der Waals surface area contributed by atoms with Crippen LogP contribution in [0.25, 0.3) is 11.1 Å². The number of amides is 1. The first-order valence-electron chi connectivity index (χ1n) is 11.2. The van der Waals surface area contributed by atoms with Crippen LogP contribution in [0, 0.1) is 5.82 Å². The molecule has 12 heteroatoms. The number of primary sulfonamides is 1. The minimum absolute atomic E-state index is 0.0337. The zero-order valence-electron chi connectivity index (χ0n) is 19.8. The van der Waals surface area contributed by atoms with Crippen molar-refractivity contribution in [2.45, 2.75) is 21.6 Å². The summed E-state index contributed by atoms with van der Waals surface area (Å²) in [5.74, 6) is -2.37. The Kier molecular flexibility index (Phi) is 6.69. The van der Waals surface area contributed by atoms with Gasteiger partial charge in [0.2, 0.25) is 15.9 Å². The Bertz CT molecular complexity index is 1820. The minimum Gasteiger partial charge on any atom is -0.304 e. The molecule has 196 valence electrons. The second kappa shape index (κ2) is 9.58. The van der Waals surface area contributed by atoms with E-state index in [1.807, 2.05) is 0 Å². The number of nitrogens with two attached hydrogens (primary N) is 1. The van der Waals surface area contributed by atoms with Crippen molar-refractivity contribution in [2.75, 3.05) is 11.2 Å². The third kappa shape index (κ3) is 4.76. The lowest BCUT2D eigenvalue weighted by atomic mass is 9.85. The van der Waals surface area contributed by atoms with Gasteiger partial charge in [0.15, 0.2) is 9.84 Å². The number of fused-ring (bicyclic) bond motifs is 1. The van der Waals surface area contributed by atoms with Gasteiger partial charge in [-0.1, -0.05) is 60.1 Å². The summed E-state index contributed by atoms with van der Waals surface area (Å²) in [5.41, 5.74) is 2.03. The van der Waals surface area contributed by atoms with Crippen LogP contribution in [0.3, 0.4) is 0 Å². The number of benzene rings is 3. The minimum atomic E-state index is -4.19. The third-order valence-corrected chi connectivity index (χ3v) is 10.2. The van der Waals surface area contributed by atoms with Gasteiger partial charge in [-0.3, -0.25) is 4.79 Å². The van der Waals surface area contributed by atoms with Crippen molar-refractivity contribution in [1.29, 1.82) is 0 Å². The van der Waals surface area contributed by atoms with E-state index < -0.39 is 37.5 Å². The Hall–Kier alpha value is -3.09. The predicted molar refractivity (Wildman–Crippen MR) is 145 cm³/mol. The summed E-state index contributed by atoms with van der Waals surface area (Å²) < 4.78 is 64.6. The zero-order valence-corrected chi connectivity index (χ0v) is 23.0. The maximum absolute atomic E-state index is 15.6. The van der Waals surface area contributed by atoms with Crippen molar-refractivity contribution in [2.24, 2.45) is 5.14 Å². The van der Waals surface area contributed by atoms with Crippen LogP contribution in [0.1, 0.15) is 22.6 Å². The molecule has 0 bridgehead atoms. The molecule has 7 nitrogen and oxygen atoms in total. The quantitative estimate of drug-likeness (QED) is 0.354. The van der Waals surface area contributed by atoms with Crippen LogP contribution in [0.15, 0.2) is 81.9 Å². The molecule has 1 atom stereocenters. The predicted octanol–water partition coefficient (Wildman–Crippen LogP) is 4.94. The number of anilines is 1. The number of sulfonamides is 1. The van der Waals surface area contributed by atoms with Gasteiger partial charge in [0, 0.05) is 17.4 Å². The highest BCUT2D eigenvalue weighted by molar-refractivity contribution is 7.91. The van der Waals surface area contributed by atoms with Gasteiger partial charge in [-0.25, -0.2) is 26.4 Å². The summed E-state index contributed by atoms with van der Waals surface area (Å²) >= 11 is 6.89. The highest BCUT2D eigenvalue weighted by Crippen LogP contribution is 2.43. The van der Waals surface area contributed by atoms with Gasteiger partial charge in [-0.2, -0.15) is 0 Å². The number of carbonyl (C=O) groups is 1. The first-order valence-corrected chi connectivity index (χ1v) is 15.8. The fourth-order valence-electron chi connectivity index (χ4n) is 4.70. The average Bonchev–Trinajstić information content (AvgIpc) is 3.25. The molecule has 1 aliphatic heterocycles. The third-order valence-electron chi connectivity index (χ3n) is 6.31. The van der Waals surface area contributed by atoms with Gasteiger partial charge in [0.1, 0.15) is 10.0 Å². The Morgan fingerprint density at radius 1 is 0.974 bits per heavy atom. The number of carbonyl (C=O) groups excluding carboxylic acids is 1. The van der Waals surface area contributed by atoms with Crippen LogP contribution >= 0.6 is 22.9 Å². The van der Waals surface area contributed by atoms with Crippen LogP contribution in [-0.4, -0.2) is 29.0 Å². The molecule has 0 fully saturated rings. The van der Waals surface area contributed by atoms with E-state index >= 15 is 4.39 Å². The van der Waals surface area contributed by atoms with Gasteiger partial charge in [0.05, 0.1) is 27.4 Å². The molecule has 3 aromatic carbocycles. The topological polar surface area (TPSA) is 115 Å². The van der Waals surface area contributed by atoms with E-state index in [2.05, 4.69) is 0 Å². The lowest BCUT2D eigenvalue weighted by molar-refractivity contribution is -0.119. The van der Waals surface area contributed by atoms with Crippen molar-refractivity contribution in [3.05, 3.63) is 99.6 Å². The van der Waals surface area contributed by atoms with Crippen molar-refractivity contribution >= 4 is 54.4 Å². The number of rotatable bonds is 5. The molecule has 0 aliphatic carbocycles. The molecule has 1 unspecified atom stereocenters. The molecule has 1 amide bonds. The van der Waals surface area contributed by atoms with Crippen molar-refractivity contribution < 1.29 is 26.0 Å². The van der Waals surface area contributed by atoms with Gasteiger partial charge in [-0.05, 0) is 41.0 Å². The molecule has 0 radical (unpaired) electrons. The second-order valence-electron chi connectivity index (χ2n) is 8.83. The van der Waals surface area contributed by atoms with Crippen LogP contribution in [0.4, 0.5) is 10.1 Å². The van der Waals surface area contributed by atoms with Crippen molar-refractivity contribution in [3.63, 3.8) is 0 Å². The molecule has 0 saturated heterocycles. The molecule has 2 N–H and O–H groups in total. The summed E-state index contributed by atoms with van der Waals surface area (Å²) in [7, 11) is -7.77. The standard InChI is InChI=1S/C26H20ClFN2O5S3/c1-37(32,33)22-9-5-4-7-17(22)15-10-11-21(20(28)12-15)30-14-16-6-2-3-8-18(16)24(25(30)31)19-13-23(27)36-26(19)38(29,34)35/h2-13,24H,14H2,1H3,(H2,29,34,35). The number of thiophene rings is 1. The van der Waals surface area contributed by atoms with E-state index in [0.29, 0.717) is 22.3 Å². The Morgan fingerprint density at radius 3 is 2.34 bits per heavy atom. The lowest BCUT2D eigenvalue weighted by Crippen LogP contribution is -2.40. The van der Waals surface area contributed by atoms with E-state index in [9.17, 15) is 21.6 Å². The number of halogens is 2. The lowest BCUT2D eigenvalue weighted by Gasteiger charge is -2.34. The summed E-state index contributed by atoms with van der Waals surface area (Å²) in [4.78, 5) is 15.2. The molecule has 5 rings (SSSR count). The van der Waals surface area contributed by atoms with Gasteiger partial charge in [-0.15, -0.1) is 11.3 Å². The number of hydrogen-bond acceptors (Lipinski definition) is 6. The first kappa shape index (κ1) is 26.5. The molecule has 38 heavy (non-hydrogen) atoms. The fraction of sp³-hybridized carbons (Fsp3) is 0.115.